The molecule has 8 heteroatoms. The van der Waals surface area contributed by atoms with E-state index in [0.29, 0.717) is 45.6 Å². The highest BCUT2D eigenvalue weighted by Crippen LogP contribution is 2.42. The highest BCUT2D eigenvalue weighted by Gasteiger charge is 2.27. The van der Waals surface area contributed by atoms with E-state index in [-0.39, 0.29) is 11.8 Å². The molecule has 1 aliphatic heterocycles. The van der Waals surface area contributed by atoms with E-state index in [1.54, 1.807) is 44.4 Å². The maximum Gasteiger partial charge on any atom is 0.264 e. The molecule has 6 nitrogen and oxygen atoms in total. The van der Waals surface area contributed by atoms with Crippen molar-refractivity contribution in [1.82, 2.24) is 5.32 Å². The van der Waals surface area contributed by atoms with Gasteiger partial charge in [0, 0.05) is 29.1 Å². The first-order valence-electron chi connectivity index (χ1n) is 11.0. The van der Waals surface area contributed by atoms with Gasteiger partial charge in [-0.05, 0) is 66.1 Å². The average molecular weight is 509 g/mol. The molecule has 0 fully saturated rings. The summed E-state index contributed by atoms with van der Waals surface area (Å²) >= 11 is 7.46. The van der Waals surface area contributed by atoms with Crippen LogP contribution in [0.5, 0.6) is 11.5 Å². The van der Waals surface area contributed by atoms with Gasteiger partial charge >= 0.3 is 0 Å². The van der Waals surface area contributed by atoms with Gasteiger partial charge in [0.1, 0.15) is 0 Å². The SMILES string of the molecule is COc1ccc(CCNC(=O)c2ccc3c(c2)N(C)C(=O)/C(=C/c2cccc(Cl)c2)S3)cc1OC. The molecule has 0 aliphatic carbocycles. The number of hydrogen-bond acceptors (Lipinski definition) is 5. The minimum absolute atomic E-state index is 0.131. The molecule has 1 N–H and O–H groups in total. The number of halogens is 1. The minimum atomic E-state index is -0.195. The molecule has 0 atom stereocenters. The van der Waals surface area contributed by atoms with Gasteiger partial charge in [-0.15, -0.1) is 0 Å². The van der Waals surface area contributed by atoms with Gasteiger partial charge in [-0.25, -0.2) is 0 Å². The molecule has 3 aromatic carbocycles. The Morgan fingerprint density at radius 1 is 1.06 bits per heavy atom. The molecule has 4 rings (SSSR count). The standard InChI is InChI=1S/C27H25ClN2O4S/c1-30-21-16-19(26(31)29-12-11-17-7-9-22(33-2)23(14-17)34-3)8-10-24(21)35-25(27(30)32)15-18-5-4-6-20(28)13-18/h4-10,13-16H,11-12H2,1-3H3,(H,29,31)/b25-15-. The first kappa shape index (κ1) is 24.7. The lowest BCUT2D eigenvalue weighted by molar-refractivity contribution is -0.114. The third-order valence-corrected chi connectivity index (χ3v) is 6.92. The topological polar surface area (TPSA) is 67.9 Å². The number of methoxy groups -OCH3 is 2. The minimum Gasteiger partial charge on any atom is -0.493 e. The number of rotatable bonds is 7. The molecule has 0 aromatic heterocycles. The summed E-state index contributed by atoms with van der Waals surface area (Å²) in [6, 6.07) is 18.4. The van der Waals surface area contributed by atoms with Crippen molar-refractivity contribution in [2.75, 3.05) is 32.7 Å². The van der Waals surface area contributed by atoms with Crippen LogP contribution < -0.4 is 19.7 Å². The van der Waals surface area contributed by atoms with Crippen molar-refractivity contribution in [3.63, 3.8) is 0 Å². The molecular formula is C27H25ClN2O4S. The highest BCUT2D eigenvalue weighted by molar-refractivity contribution is 8.04. The lowest BCUT2D eigenvalue weighted by Crippen LogP contribution is -2.31. The molecule has 3 aromatic rings. The number of benzene rings is 3. The quantitative estimate of drug-likeness (QED) is 0.430. The number of carbonyl (C=O) groups excluding carboxylic acids is 2. The van der Waals surface area contributed by atoms with Crippen molar-refractivity contribution in [1.29, 1.82) is 0 Å². The highest BCUT2D eigenvalue weighted by atomic mass is 35.5. The Hall–Kier alpha value is -3.42. The van der Waals surface area contributed by atoms with Gasteiger partial charge in [-0.1, -0.05) is 41.6 Å². The number of hydrogen-bond donors (Lipinski definition) is 1. The van der Waals surface area contributed by atoms with Crippen molar-refractivity contribution in [3.05, 3.63) is 87.3 Å². The lowest BCUT2D eigenvalue weighted by Gasteiger charge is -2.27. The van der Waals surface area contributed by atoms with E-state index in [4.69, 9.17) is 21.1 Å². The summed E-state index contributed by atoms with van der Waals surface area (Å²) < 4.78 is 10.6. The fraction of sp³-hybridized carbons (Fsp3) is 0.185. The van der Waals surface area contributed by atoms with Crippen LogP contribution in [0.25, 0.3) is 6.08 Å². The van der Waals surface area contributed by atoms with E-state index >= 15 is 0 Å². The predicted octanol–water partition coefficient (Wildman–Crippen LogP) is 5.44. The molecular weight excluding hydrogens is 484 g/mol. The number of carbonyl (C=O) groups is 2. The first-order valence-corrected chi connectivity index (χ1v) is 12.2. The predicted molar refractivity (Wildman–Crippen MR) is 141 cm³/mol. The lowest BCUT2D eigenvalue weighted by atomic mass is 10.1. The summed E-state index contributed by atoms with van der Waals surface area (Å²) in [5, 5.41) is 3.56. The van der Waals surface area contributed by atoms with Crippen LogP contribution in [0, 0.1) is 0 Å². The number of fused-ring (bicyclic) bond motifs is 1. The van der Waals surface area contributed by atoms with Gasteiger partial charge in [-0.3, -0.25) is 9.59 Å². The van der Waals surface area contributed by atoms with Crippen LogP contribution in [0.1, 0.15) is 21.5 Å². The summed E-state index contributed by atoms with van der Waals surface area (Å²) in [7, 11) is 4.90. The smallest absolute Gasteiger partial charge is 0.264 e. The zero-order valence-electron chi connectivity index (χ0n) is 19.6. The van der Waals surface area contributed by atoms with Crippen molar-refractivity contribution in [3.8, 4) is 11.5 Å². The molecule has 1 aliphatic rings. The van der Waals surface area contributed by atoms with E-state index in [1.807, 2.05) is 48.5 Å². The maximum absolute atomic E-state index is 13.0. The van der Waals surface area contributed by atoms with E-state index in [1.165, 1.54) is 11.8 Å². The largest absolute Gasteiger partial charge is 0.493 e. The zero-order valence-corrected chi connectivity index (χ0v) is 21.2. The molecule has 0 bridgehead atoms. The summed E-state index contributed by atoms with van der Waals surface area (Å²) in [5.74, 6) is 0.990. The second kappa shape index (κ2) is 10.9. The van der Waals surface area contributed by atoms with Gasteiger partial charge in [-0.2, -0.15) is 0 Å². The van der Waals surface area contributed by atoms with E-state index in [0.717, 1.165) is 16.0 Å². The number of amides is 2. The van der Waals surface area contributed by atoms with Crippen molar-refractivity contribution in [2.45, 2.75) is 11.3 Å². The van der Waals surface area contributed by atoms with Gasteiger partial charge in [0.05, 0.1) is 24.8 Å². The molecule has 2 amide bonds. The summed E-state index contributed by atoms with van der Waals surface area (Å²) in [6.45, 7) is 0.460. The van der Waals surface area contributed by atoms with E-state index in [9.17, 15) is 9.59 Å². The Balaban J connectivity index is 1.44. The van der Waals surface area contributed by atoms with E-state index < -0.39 is 0 Å². The Labute approximate surface area is 213 Å². The number of nitrogens with zero attached hydrogens (tertiary/aromatic N) is 1. The Bertz CT molecular complexity index is 1310. The Morgan fingerprint density at radius 2 is 1.86 bits per heavy atom. The van der Waals surface area contributed by atoms with Crippen LogP contribution in [0.3, 0.4) is 0 Å². The Morgan fingerprint density at radius 3 is 2.60 bits per heavy atom. The second-order valence-corrected chi connectivity index (χ2v) is 9.43. The normalized spacial score (nSPS) is 14.0. The van der Waals surface area contributed by atoms with Gasteiger partial charge in [0.2, 0.25) is 0 Å². The van der Waals surface area contributed by atoms with Crippen LogP contribution in [-0.4, -0.2) is 39.6 Å². The van der Waals surface area contributed by atoms with Crippen LogP contribution in [-0.2, 0) is 11.2 Å². The van der Waals surface area contributed by atoms with Gasteiger partial charge < -0.3 is 19.7 Å². The number of thioether (sulfide) groups is 1. The van der Waals surface area contributed by atoms with Gasteiger partial charge in [0.15, 0.2) is 11.5 Å². The van der Waals surface area contributed by atoms with Crippen molar-refractivity contribution < 1.29 is 19.1 Å². The molecule has 0 spiro atoms. The number of likely N-dealkylation sites (N-methyl/N-ethyl adjacent to an activating group) is 1. The second-order valence-electron chi connectivity index (χ2n) is 7.91. The first-order chi connectivity index (χ1) is 16.9. The van der Waals surface area contributed by atoms with Crippen molar-refractivity contribution in [2.24, 2.45) is 0 Å². The Kier molecular flexibility index (Phi) is 7.68. The molecule has 0 unspecified atom stereocenters. The molecule has 0 saturated heterocycles. The third kappa shape index (κ3) is 5.63. The molecule has 35 heavy (non-hydrogen) atoms. The molecule has 1 heterocycles. The van der Waals surface area contributed by atoms with Crippen LogP contribution in [0.15, 0.2) is 70.5 Å². The monoisotopic (exact) mass is 508 g/mol. The fourth-order valence-electron chi connectivity index (χ4n) is 3.74. The maximum atomic E-state index is 13.0. The molecule has 180 valence electrons. The number of anilines is 1. The summed E-state index contributed by atoms with van der Waals surface area (Å²) in [4.78, 5) is 28.8. The number of nitrogens with one attached hydrogen (secondary N) is 1. The number of ether oxygens (including phenoxy) is 2. The third-order valence-electron chi connectivity index (χ3n) is 5.61. The summed E-state index contributed by atoms with van der Waals surface area (Å²) in [5.41, 5.74) is 3.08. The molecule has 0 radical (unpaired) electrons. The zero-order chi connectivity index (χ0) is 24.9. The van der Waals surface area contributed by atoms with E-state index in [2.05, 4.69) is 5.32 Å². The van der Waals surface area contributed by atoms with Gasteiger partial charge in [0.25, 0.3) is 11.8 Å². The van der Waals surface area contributed by atoms with Crippen molar-refractivity contribution >= 4 is 46.9 Å². The van der Waals surface area contributed by atoms with Crippen LogP contribution in [0.2, 0.25) is 5.02 Å². The average Bonchev–Trinajstić information content (AvgIpc) is 2.86. The summed E-state index contributed by atoms with van der Waals surface area (Å²) in [6.07, 6.45) is 2.47. The molecule has 0 saturated carbocycles. The van der Waals surface area contributed by atoms with Crippen LogP contribution >= 0.6 is 23.4 Å². The fourth-order valence-corrected chi connectivity index (χ4v) is 5.03. The van der Waals surface area contributed by atoms with Crippen LogP contribution in [0.4, 0.5) is 5.69 Å².